The first-order valence-corrected chi connectivity index (χ1v) is 13.8. The van der Waals surface area contributed by atoms with Crippen LogP contribution >= 0.6 is 0 Å². The predicted molar refractivity (Wildman–Crippen MR) is 149 cm³/mol. The second kappa shape index (κ2) is 11.7. The molecule has 0 spiro atoms. The van der Waals surface area contributed by atoms with Gasteiger partial charge in [-0.25, -0.2) is 4.98 Å². The van der Waals surface area contributed by atoms with Crippen LogP contribution in [0.5, 0.6) is 0 Å². The summed E-state index contributed by atoms with van der Waals surface area (Å²) in [6.07, 6.45) is 7.46. The minimum absolute atomic E-state index is 0.0596. The Morgan fingerprint density at radius 3 is 2.67 bits per heavy atom. The van der Waals surface area contributed by atoms with Crippen molar-refractivity contribution in [2.75, 3.05) is 30.4 Å². The summed E-state index contributed by atoms with van der Waals surface area (Å²) in [5.74, 6) is 0.414. The molecule has 2 aliphatic rings. The van der Waals surface area contributed by atoms with Gasteiger partial charge in [-0.1, -0.05) is 25.3 Å². The molecule has 9 heteroatoms. The second-order valence-electron chi connectivity index (χ2n) is 10.5. The zero-order chi connectivity index (χ0) is 27.4. The Morgan fingerprint density at radius 2 is 1.92 bits per heavy atom. The summed E-state index contributed by atoms with van der Waals surface area (Å²) in [5.41, 5.74) is 3.06. The molecule has 1 saturated heterocycles. The maximum atomic E-state index is 13.1. The molecule has 2 fully saturated rings. The second-order valence-corrected chi connectivity index (χ2v) is 10.5. The lowest BCUT2D eigenvalue weighted by atomic mass is 9.88. The number of nitriles is 1. The van der Waals surface area contributed by atoms with E-state index in [0.717, 1.165) is 49.9 Å². The van der Waals surface area contributed by atoms with E-state index in [1.807, 2.05) is 34.7 Å². The molecule has 0 unspecified atom stereocenters. The fourth-order valence-electron chi connectivity index (χ4n) is 5.66. The average Bonchev–Trinajstić information content (AvgIpc) is 3.54. The Kier molecular flexibility index (Phi) is 7.92. The summed E-state index contributed by atoms with van der Waals surface area (Å²) >= 11 is 0. The van der Waals surface area contributed by atoms with Crippen LogP contribution < -0.4 is 10.2 Å². The van der Waals surface area contributed by atoms with E-state index >= 15 is 0 Å². The zero-order valence-electron chi connectivity index (χ0n) is 22.4. The van der Waals surface area contributed by atoms with Crippen LogP contribution in [0.4, 0.5) is 11.6 Å². The van der Waals surface area contributed by atoms with Gasteiger partial charge in [-0.3, -0.25) is 19.7 Å². The molecule has 39 heavy (non-hydrogen) atoms. The van der Waals surface area contributed by atoms with Crippen LogP contribution in [0.1, 0.15) is 67.3 Å². The normalized spacial score (nSPS) is 15.9. The summed E-state index contributed by atoms with van der Waals surface area (Å²) in [5, 5.41) is 12.1. The number of anilines is 2. The molecule has 3 amide bonds. The molecule has 1 aromatic heterocycles. The van der Waals surface area contributed by atoms with Gasteiger partial charge in [0.25, 0.3) is 5.91 Å². The third-order valence-corrected chi connectivity index (χ3v) is 7.86. The van der Waals surface area contributed by atoms with Crippen molar-refractivity contribution in [1.29, 1.82) is 5.26 Å². The third-order valence-electron chi connectivity index (χ3n) is 7.86. The van der Waals surface area contributed by atoms with Crippen molar-refractivity contribution < 1.29 is 14.4 Å². The lowest BCUT2D eigenvalue weighted by Crippen LogP contribution is -2.33. The Morgan fingerprint density at radius 1 is 1.10 bits per heavy atom. The summed E-state index contributed by atoms with van der Waals surface area (Å²) < 4.78 is 1.95. The van der Waals surface area contributed by atoms with Crippen LogP contribution in [-0.2, 0) is 16.1 Å². The fourth-order valence-corrected chi connectivity index (χ4v) is 5.66. The molecule has 2 aromatic carbocycles. The third kappa shape index (κ3) is 5.80. The van der Waals surface area contributed by atoms with Gasteiger partial charge in [0.05, 0.1) is 22.7 Å². The number of hydrogen-bond donors (Lipinski definition) is 1. The van der Waals surface area contributed by atoms with E-state index in [4.69, 9.17) is 4.98 Å². The molecule has 2 heterocycles. The monoisotopic (exact) mass is 526 g/mol. The highest BCUT2D eigenvalue weighted by Gasteiger charge is 2.26. The summed E-state index contributed by atoms with van der Waals surface area (Å²) in [7, 11) is 1.81. The molecule has 1 saturated carbocycles. The number of benzene rings is 2. The van der Waals surface area contributed by atoms with Crippen molar-refractivity contribution in [3.05, 3.63) is 53.6 Å². The van der Waals surface area contributed by atoms with Gasteiger partial charge in [-0.15, -0.1) is 0 Å². The number of carbonyl (C=O) groups is 3. The van der Waals surface area contributed by atoms with Crippen LogP contribution in [0.3, 0.4) is 0 Å². The van der Waals surface area contributed by atoms with Gasteiger partial charge < -0.3 is 14.4 Å². The van der Waals surface area contributed by atoms with Crippen LogP contribution in [0.2, 0.25) is 0 Å². The Balaban J connectivity index is 1.41. The van der Waals surface area contributed by atoms with E-state index < -0.39 is 0 Å². The molecule has 3 aromatic rings. The highest BCUT2D eigenvalue weighted by Crippen LogP contribution is 2.30. The number of hydrogen-bond acceptors (Lipinski definition) is 5. The van der Waals surface area contributed by atoms with Crippen molar-refractivity contribution in [3.8, 4) is 6.07 Å². The Labute approximate surface area is 228 Å². The van der Waals surface area contributed by atoms with E-state index in [2.05, 4.69) is 11.4 Å². The molecule has 9 nitrogen and oxygen atoms in total. The average molecular weight is 527 g/mol. The van der Waals surface area contributed by atoms with Gasteiger partial charge >= 0.3 is 0 Å². The zero-order valence-corrected chi connectivity index (χ0v) is 22.4. The van der Waals surface area contributed by atoms with E-state index in [-0.39, 0.29) is 23.6 Å². The standard InChI is InChI=1S/C30H34N6O3/c1-34(29(39)22-9-3-2-4-10-22)24-13-14-26-25(19-24)32-30(33-28(38)23-11-5-8-21(18-23)20-31)36(26)17-7-16-35-15-6-12-27(35)37/h5,8,11,13-14,18-19,22H,2-4,6-7,9-10,12,15-17H2,1H3,(H,32,33,38). The molecule has 1 aliphatic heterocycles. The number of likely N-dealkylation sites (tertiary alicyclic amines) is 1. The Bertz CT molecular complexity index is 1430. The summed E-state index contributed by atoms with van der Waals surface area (Å²) in [4.78, 5) is 46.7. The van der Waals surface area contributed by atoms with Crippen molar-refractivity contribution in [2.45, 2.75) is 57.9 Å². The molecule has 5 rings (SSSR count). The maximum absolute atomic E-state index is 13.1. The van der Waals surface area contributed by atoms with Crippen LogP contribution in [0.25, 0.3) is 11.0 Å². The van der Waals surface area contributed by atoms with E-state index in [1.54, 1.807) is 29.2 Å². The van der Waals surface area contributed by atoms with Gasteiger partial charge in [0.15, 0.2) is 0 Å². The van der Waals surface area contributed by atoms with Gasteiger partial charge in [0, 0.05) is 50.3 Å². The van der Waals surface area contributed by atoms with E-state index in [1.165, 1.54) is 6.42 Å². The topological polar surface area (TPSA) is 111 Å². The lowest BCUT2D eigenvalue weighted by molar-refractivity contribution is -0.127. The highest BCUT2D eigenvalue weighted by atomic mass is 16.2. The van der Waals surface area contributed by atoms with Crippen LogP contribution in [0.15, 0.2) is 42.5 Å². The van der Waals surface area contributed by atoms with Crippen molar-refractivity contribution in [1.82, 2.24) is 14.5 Å². The van der Waals surface area contributed by atoms with Gasteiger partial charge in [-0.05, 0) is 62.1 Å². The van der Waals surface area contributed by atoms with Gasteiger partial charge in [0.2, 0.25) is 17.8 Å². The molecule has 1 N–H and O–H groups in total. The molecule has 0 bridgehead atoms. The number of rotatable bonds is 8. The minimum Gasteiger partial charge on any atom is -0.343 e. The number of nitrogens with zero attached hydrogens (tertiary/aromatic N) is 5. The predicted octanol–water partition coefficient (Wildman–Crippen LogP) is 4.72. The number of carbonyl (C=O) groups excluding carboxylic acids is 3. The summed E-state index contributed by atoms with van der Waals surface area (Å²) in [6, 6.07) is 14.3. The van der Waals surface area contributed by atoms with Crippen molar-refractivity contribution >= 4 is 40.4 Å². The van der Waals surface area contributed by atoms with E-state index in [9.17, 15) is 19.6 Å². The van der Waals surface area contributed by atoms with Crippen LogP contribution in [-0.4, -0.2) is 52.3 Å². The number of imidazole rings is 1. The maximum Gasteiger partial charge on any atom is 0.258 e. The molecular formula is C30H34N6O3. The molecule has 202 valence electrons. The van der Waals surface area contributed by atoms with Crippen molar-refractivity contribution in [3.63, 3.8) is 0 Å². The first-order valence-electron chi connectivity index (χ1n) is 13.8. The quantitative estimate of drug-likeness (QED) is 0.457. The highest BCUT2D eigenvalue weighted by molar-refractivity contribution is 6.04. The fraction of sp³-hybridized carbons (Fsp3) is 0.433. The molecule has 0 atom stereocenters. The number of nitrogens with one attached hydrogen (secondary N) is 1. The van der Waals surface area contributed by atoms with Gasteiger partial charge in [0.1, 0.15) is 0 Å². The van der Waals surface area contributed by atoms with Crippen molar-refractivity contribution in [2.24, 2.45) is 5.92 Å². The first kappa shape index (κ1) is 26.4. The van der Waals surface area contributed by atoms with Crippen LogP contribution in [0, 0.1) is 17.2 Å². The molecular weight excluding hydrogens is 492 g/mol. The number of fused-ring (bicyclic) bond motifs is 1. The molecule has 1 aliphatic carbocycles. The lowest BCUT2D eigenvalue weighted by Gasteiger charge is -2.26. The number of aryl methyl sites for hydroxylation is 1. The number of aromatic nitrogens is 2. The van der Waals surface area contributed by atoms with Gasteiger partial charge in [-0.2, -0.15) is 5.26 Å². The summed E-state index contributed by atoms with van der Waals surface area (Å²) in [6.45, 7) is 1.99. The number of amides is 3. The minimum atomic E-state index is -0.358. The SMILES string of the molecule is CN(C(=O)C1CCCCC1)c1ccc2c(c1)nc(NC(=O)c1cccc(C#N)c1)n2CCCN1CCCC1=O. The Hall–Kier alpha value is -4.19. The largest absolute Gasteiger partial charge is 0.343 e. The molecule has 0 radical (unpaired) electrons. The smallest absolute Gasteiger partial charge is 0.258 e. The van der Waals surface area contributed by atoms with E-state index in [0.29, 0.717) is 48.5 Å². The first-order chi connectivity index (χ1) is 18.9.